The van der Waals surface area contributed by atoms with Crippen LogP contribution in [0.15, 0.2) is 11.1 Å². The Morgan fingerprint density at radius 1 is 1.56 bits per heavy atom. The van der Waals surface area contributed by atoms with E-state index in [-0.39, 0.29) is 17.6 Å². The molecule has 8 heteroatoms. The van der Waals surface area contributed by atoms with E-state index in [1.807, 2.05) is 13.8 Å². The molecule has 0 unspecified atom stereocenters. The molecule has 0 aliphatic carbocycles. The van der Waals surface area contributed by atoms with Crippen molar-refractivity contribution in [2.45, 2.75) is 31.5 Å². The number of hydrogen-bond donors (Lipinski definition) is 1. The van der Waals surface area contributed by atoms with Crippen molar-refractivity contribution in [1.29, 1.82) is 0 Å². The third-order valence-corrected chi connectivity index (χ3v) is 3.25. The van der Waals surface area contributed by atoms with Crippen molar-refractivity contribution in [3.05, 3.63) is 11.8 Å². The summed E-state index contributed by atoms with van der Waals surface area (Å²) >= 11 is 0. The third-order valence-electron chi connectivity index (χ3n) is 2.47. The van der Waals surface area contributed by atoms with Crippen LogP contribution in [0.1, 0.15) is 25.6 Å². The van der Waals surface area contributed by atoms with Gasteiger partial charge in [0.05, 0.1) is 5.69 Å². The lowest BCUT2D eigenvalue weighted by atomic mass is 10.3. The molecule has 1 aromatic rings. The quantitative estimate of drug-likeness (QED) is 0.822. The molecule has 104 valence electrons. The summed E-state index contributed by atoms with van der Waals surface area (Å²) < 4.78 is 36.3. The van der Waals surface area contributed by atoms with Crippen LogP contribution in [0, 0.1) is 0 Å². The van der Waals surface area contributed by atoms with Crippen LogP contribution < -0.4 is 5.14 Å². The predicted octanol–water partition coefficient (Wildman–Crippen LogP) is 0.513. The van der Waals surface area contributed by atoms with Crippen molar-refractivity contribution in [3.8, 4) is 0 Å². The number of halogens is 1. The van der Waals surface area contributed by atoms with E-state index in [0.29, 0.717) is 12.2 Å². The van der Waals surface area contributed by atoms with Gasteiger partial charge in [0, 0.05) is 25.2 Å². The molecule has 2 N–H and O–H groups in total. The second-order valence-electron chi connectivity index (χ2n) is 4.48. The first kappa shape index (κ1) is 15.1. The third kappa shape index (κ3) is 3.76. The number of nitrogens with two attached hydrogens (primary N) is 1. The van der Waals surface area contributed by atoms with E-state index in [9.17, 15) is 12.8 Å². The second kappa shape index (κ2) is 5.77. The minimum atomic E-state index is -3.81. The van der Waals surface area contributed by atoms with Gasteiger partial charge in [0.25, 0.3) is 10.0 Å². The molecule has 0 amide bonds. The van der Waals surface area contributed by atoms with Gasteiger partial charge in [0.15, 0.2) is 5.03 Å². The molecule has 0 fully saturated rings. The van der Waals surface area contributed by atoms with Gasteiger partial charge >= 0.3 is 0 Å². The summed E-state index contributed by atoms with van der Waals surface area (Å²) in [5, 5.41) is 8.88. The van der Waals surface area contributed by atoms with E-state index in [2.05, 4.69) is 5.10 Å². The zero-order chi connectivity index (χ0) is 13.9. The predicted molar refractivity (Wildman–Crippen MR) is 66.3 cm³/mol. The van der Waals surface area contributed by atoms with Gasteiger partial charge in [-0.1, -0.05) is 0 Å². The van der Waals surface area contributed by atoms with Crippen LogP contribution in [0.5, 0.6) is 0 Å². The first-order valence-electron chi connectivity index (χ1n) is 5.61. The second-order valence-corrected chi connectivity index (χ2v) is 5.99. The molecule has 0 saturated carbocycles. The molecule has 1 aromatic heterocycles. The van der Waals surface area contributed by atoms with Crippen LogP contribution in [0.4, 0.5) is 4.39 Å². The van der Waals surface area contributed by atoms with Crippen molar-refractivity contribution in [1.82, 2.24) is 14.7 Å². The normalized spacial score (nSPS) is 12.6. The first-order valence-corrected chi connectivity index (χ1v) is 7.16. The average molecular weight is 278 g/mol. The van der Waals surface area contributed by atoms with E-state index < -0.39 is 16.7 Å². The van der Waals surface area contributed by atoms with Crippen molar-refractivity contribution in [3.63, 3.8) is 0 Å². The van der Waals surface area contributed by atoms with Gasteiger partial charge in [-0.15, -0.1) is 0 Å². The van der Waals surface area contributed by atoms with Crippen LogP contribution in [0.2, 0.25) is 0 Å². The number of hydrogen-bond acceptors (Lipinski definition) is 4. The lowest BCUT2D eigenvalue weighted by Gasteiger charge is -2.17. The summed E-state index contributed by atoms with van der Waals surface area (Å²) in [6, 6.07) is 1.44. The summed E-state index contributed by atoms with van der Waals surface area (Å²) in [6.07, 6.45) is 0. The van der Waals surface area contributed by atoms with Crippen LogP contribution in [-0.2, 0) is 16.6 Å². The number of sulfonamides is 1. The van der Waals surface area contributed by atoms with E-state index in [1.54, 1.807) is 16.6 Å². The number of primary sulfonamides is 1. The van der Waals surface area contributed by atoms with Gasteiger partial charge in [-0.2, -0.15) is 5.10 Å². The summed E-state index contributed by atoms with van der Waals surface area (Å²) in [6.45, 7) is 4.03. The van der Waals surface area contributed by atoms with Crippen molar-refractivity contribution in [2.24, 2.45) is 5.14 Å². The first-order chi connectivity index (χ1) is 8.25. The molecule has 0 aliphatic heterocycles. The Hall–Kier alpha value is -0.990. The monoisotopic (exact) mass is 278 g/mol. The van der Waals surface area contributed by atoms with Crippen molar-refractivity contribution >= 4 is 10.0 Å². The number of rotatable bonds is 6. The van der Waals surface area contributed by atoms with Gasteiger partial charge < -0.3 is 0 Å². The highest BCUT2D eigenvalue weighted by molar-refractivity contribution is 7.89. The minimum Gasteiger partial charge on any atom is -0.298 e. The standard InChI is InChI=1S/C10H19FN4O2S/c1-8(2)15-9(7-14(3)5-4-11)6-10(13-15)18(12,16)17/h6,8H,4-5,7H2,1-3H3,(H2,12,16,17). The molecule has 1 heterocycles. The van der Waals surface area contributed by atoms with Crippen LogP contribution in [0.3, 0.4) is 0 Å². The molecule has 0 aromatic carbocycles. The average Bonchev–Trinajstić information content (AvgIpc) is 2.61. The smallest absolute Gasteiger partial charge is 0.257 e. The molecule has 18 heavy (non-hydrogen) atoms. The molecule has 6 nitrogen and oxygen atoms in total. The van der Waals surface area contributed by atoms with Crippen LogP contribution in [0.25, 0.3) is 0 Å². The minimum absolute atomic E-state index is 0.00859. The summed E-state index contributed by atoms with van der Waals surface area (Å²) in [5.74, 6) is 0. The zero-order valence-electron chi connectivity index (χ0n) is 10.8. The molecule has 1 rings (SSSR count). The fourth-order valence-corrected chi connectivity index (χ4v) is 2.11. The Morgan fingerprint density at radius 2 is 2.17 bits per heavy atom. The SMILES string of the molecule is CC(C)n1nc(S(N)(=O)=O)cc1CN(C)CCF. The van der Waals surface area contributed by atoms with Gasteiger partial charge in [-0.05, 0) is 20.9 Å². The Balaban J connectivity index is 3.06. The van der Waals surface area contributed by atoms with E-state index in [0.717, 1.165) is 0 Å². The summed E-state index contributed by atoms with van der Waals surface area (Å²) in [7, 11) is -2.05. The molecule has 0 aliphatic rings. The van der Waals surface area contributed by atoms with Gasteiger partial charge in [0.2, 0.25) is 0 Å². The van der Waals surface area contributed by atoms with Gasteiger partial charge in [-0.3, -0.25) is 9.58 Å². The van der Waals surface area contributed by atoms with Crippen molar-refractivity contribution in [2.75, 3.05) is 20.3 Å². The highest BCUT2D eigenvalue weighted by Crippen LogP contribution is 2.15. The zero-order valence-corrected chi connectivity index (χ0v) is 11.6. The fraction of sp³-hybridized carbons (Fsp3) is 0.700. The summed E-state index contributed by atoms with van der Waals surface area (Å²) in [5.41, 5.74) is 0.699. The van der Waals surface area contributed by atoms with Crippen LogP contribution in [-0.4, -0.2) is 43.4 Å². The number of aromatic nitrogens is 2. The maximum absolute atomic E-state index is 12.2. The lowest BCUT2D eigenvalue weighted by Crippen LogP contribution is -2.22. The van der Waals surface area contributed by atoms with Crippen molar-refractivity contribution < 1.29 is 12.8 Å². The van der Waals surface area contributed by atoms with E-state index >= 15 is 0 Å². The Bertz CT molecular complexity index is 498. The fourth-order valence-electron chi connectivity index (χ4n) is 1.61. The molecule has 0 bridgehead atoms. The van der Waals surface area contributed by atoms with Gasteiger partial charge in [0.1, 0.15) is 6.67 Å². The molecule has 0 saturated heterocycles. The molecule has 0 atom stereocenters. The molecule has 0 spiro atoms. The molecular weight excluding hydrogens is 259 g/mol. The van der Waals surface area contributed by atoms with E-state index in [1.165, 1.54) is 6.07 Å². The maximum atomic E-state index is 12.2. The Labute approximate surface area is 107 Å². The topological polar surface area (TPSA) is 81.2 Å². The summed E-state index contributed by atoms with van der Waals surface area (Å²) in [4.78, 5) is 1.75. The van der Waals surface area contributed by atoms with E-state index in [4.69, 9.17) is 5.14 Å². The van der Waals surface area contributed by atoms with Crippen LogP contribution >= 0.6 is 0 Å². The Kier molecular flexibility index (Phi) is 4.83. The number of nitrogens with zero attached hydrogens (tertiary/aromatic N) is 3. The molecule has 0 radical (unpaired) electrons. The largest absolute Gasteiger partial charge is 0.298 e. The number of alkyl halides is 1. The lowest BCUT2D eigenvalue weighted by molar-refractivity contribution is 0.278. The highest BCUT2D eigenvalue weighted by Gasteiger charge is 2.18. The Morgan fingerprint density at radius 3 is 2.61 bits per heavy atom. The molecular formula is C10H19FN4O2S. The highest BCUT2D eigenvalue weighted by atomic mass is 32.2. The maximum Gasteiger partial charge on any atom is 0.257 e. The van der Waals surface area contributed by atoms with Gasteiger partial charge in [-0.25, -0.2) is 17.9 Å².